The van der Waals surface area contributed by atoms with Crippen molar-refractivity contribution in [2.75, 3.05) is 0 Å². The van der Waals surface area contributed by atoms with Gasteiger partial charge >= 0.3 is 0 Å². The van der Waals surface area contributed by atoms with Gasteiger partial charge < -0.3 is 5.73 Å². The third-order valence-corrected chi connectivity index (χ3v) is 5.32. The van der Waals surface area contributed by atoms with Gasteiger partial charge in [-0.2, -0.15) is 0 Å². The first-order chi connectivity index (χ1) is 8.25. The lowest BCUT2D eigenvalue weighted by molar-refractivity contribution is 0.918. The Morgan fingerprint density at radius 1 is 1.18 bits per heavy atom. The zero-order valence-corrected chi connectivity index (χ0v) is 11.3. The molecule has 1 nitrogen and oxygen atoms in total. The maximum absolute atomic E-state index is 6.26. The normalized spacial score (nSPS) is 13.1. The Hall–Kier alpha value is -0.870. The zero-order valence-electron chi connectivity index (χ0n) is 8.89. The van der Waals surface area contributed by atoms with Crippen LogP contribution in [0.15, 0.2) is 41.8 Å². The van der Waals surface area contributed by atoms with Gasteiger partial charge in [-0.05, 0) is 29.0 Å². The minimum Gasteiger partial charge on any atom is -0.319 e. The summed E-state index contributed by atoms with van der Waals surface area (Å²) in [6.45, 7) is 0. The van der Waals surface area contributed by atoms with E-state index in [0.717, 1.165) is 14.8 Å². The highest BCUT2D eigenvalue weighted by Crippen LogP contribution is 2.36. The van der Waals surface area contributed by atoms with Crippen molar-refractivity contribution in [3.63, 3.8) is 0 Å². The highest BCUT2D eigenvalue weighted by Gasteiger charge is 2.16. The molecule has 17 heavy (non-hydrogen) atoms. The lowest BCUT2D eigenvalue weighted by atomic mass is 10.2. The van der Waals surface area contributed by atoms with Gasteiger partial charge in [0, 0.05) is 14.5 Å². The summed E-state index contributed by atoms with van der Waals surface area (Å²) in [5.41, 5.74) is 6.26. The summed E-state index contributed by atoms with van der Waals surface area (Å²) in [5, 5.41) is 3.99. The van der Waals surface area contributed by atoms with Gasteiger partial charge in [-0.3, -0.25) is 0 Å². The monoisotopic (exact) mass is 279 g/mol. The SMILES string of the molecule is NC(c1cc2ccccc2s1)c1sccc1Cl. The Morgan fingerprint density at radius 3 is 2.71 bits per heavy atom. The van der Waals surface area contributed by atoms with Gasteiger partial charge in [-0.25, -0.2) is 0 Å². The summed E-state index contributed by atoms with van der Waals surface area (Å²) in [6, 6.07) is 12.3. The first kappa shape index (κ1) is 11.2. The van der Waals surface area contributed by atoms with Crippen LogP contribution in [0.25, 0.3) is 10.1 Å². The van der Waals surface area contributed by atoms with Crippen LogP contribution in [0, 0.1) is 0 Å². The van der Waals surface area contributed by atoms with E-state index in [2.05, 4.69) is 18.2 Å². The minimum atomic E-state index is -0.111. The van der Waals surface area contributed by atoms with E-state index in [1.165, 1.54) is 10.1 Å². The molecule has 0 fully saturated rings. The zero-order chi connectivity index (χ0) is 11.8. The van der Waals surface area contributed by atoms with Gasteiger partial charge in [0.05, 0.1) is 11.1 Å². The predicted octanol–water partition coefficient (Wildman–Crippen LogP) is 4.66. The summed E-state index contributed by atoms with van der Waals surface area (Å²) < 4.78 is 1.27. The molecule has 1 atom stereocenters. The number of rotatable bonds is 2. The fraction of sp³-hybridized carbons (Fsp3) is 0.0769. The maximum atomic E-state index is 6.26. The Balaban J connectivity index is 2.07. The molecule has 0 bridgehead atoms. The fourth-order valence-corrected chi connectivity index (χ4v) is 4.16. The van der Waals surface area contributed by atoms with Crippen molar-refractivity contribution in [2.45, 2.75) is 6.04 Å². The first-order valence-corrected chi connectivity index (χ1v) is 7.30. The summed E-state index contributed by atoms with van der Waals surface area (Å²) in [5.74, 6) is 0. The molecular formula is C13H10ClNS2. The van der Waals surface area contributed by atoms with Crippen molar-refractivity contribution >= 4 is 44.4 Å². The minimum absolute atomic E-state index is 0.111. The second-order valence-corrected chi connectivity index (χ2v) is 6.27. The van der Waals surface area contributed by atoms with E-state index in [0.29, 0.717) is 0 Å². The number of halogens is 1. The molecule has 2 heterocycles. The summed E-state index contributed by atoms with van der Waals surface area (Å²) >= 11 is 9.47. The molecule has 0 aliphatic carbocycles. The molecule has 0 saturated carbocycles. The lowest BCUT2D eigenvalue weighted by Gasteiger charge is -2.07. The van der Waals surface area contributed by atoms with Crippen LogP contribution >= 0.6 is 34.3 Å². The summed E-state index contributed by atoms with van der Waals surface area (Å²) in [4.78, 5) is 2.20. The highest BCUT2D eigenvalue weighted by molar-refractivity contribution is 7.19. The van der Waals surface area contributed by atoms with E-state index < -0.39 is 0 Å². The van der Waals surface area contributed by atoms with Crippen LogP contribution in [0.4, 0.5) is 0 Å². The van der Waals surface area contributed by atoms with Crippen LogP contribution in [0.2, 0.25) is 5.02 Å². The molecule has 1 aromatic carbocycles. The van der Waals surface area contributed by atoms with E-state index >= 15 is 0 Å². The van der Waals surface area contributed by atoms with E-state index in [9.17, 15) is 0 Å². The largest absolute Gasteiger partial charge is 0.319 e. The average molecular weight is 280 g/mol. The topological polar surface area (TPSA) is 26.0 Å². The number of nitrogens with two attached hydrogens (primary N) is 1. The molecular weight excluding hydrogens is 270 g/mol. The number of fused-ring (bicyclic) bond motifs is 1. The van der Waals surface area contributed by atoms with Gasteiger partial charge in [0.15, 0.2) is 0 Å². The Morgan fingerprint density at radius 2 is 2.00 bits per heavy atom. The summed E-state index contributed by atoms with van der Waals surface area (Å²) in [7, 11) is 0. The third kappa shape index (κ3) is 2.00. The van der Waals surface area contributed by atoms with Crippen LogP contribution in [0.3, 0.4) is 0 Å². The van der Waals surface area contributed by atoms with Crippen LogP contribution in [-0.4, -0.2) is 0 Å². The molecule has 86 valence electrons. The third-order valence-electron chi connectivity index (χ3n) is 2.68. The van der Waals surface area contributed by atoms with Crippen molar-refractivity contribution in [3.05, 3.63) is 56.6 Å². The molecule has 2 aromatic heterocycles. The van der Waals surface area contributed by atoms with Gasteiger partial charge in [-0.15, -0.1) is 22.7 Å². The molecule has 3 rings (SSSR count). The number of benzene rings is 1. The first-order valence-electron chi connectivity index (χ1n) is 5.22. The predicted molar refractivity (Wildman–Crippen MR) is 77.2 cm³/mol. The molecule has 0 radical (unpaired) electrons. The van der Waals surface area contributed by atoms with Crippen LogP contribution in [0.1, 0.15) is 15.8 Å². The van der Waals surface area contributed by atoms with Gasteiger partial charge in [-0.1, -0.05) is 29.8 Å². The average Bonchev–Trinajstić information content (AvgIpc) is 2.93. The maximum Gasteiger partial charge on any atom is 0.0755 e. The van der Waals surface area contributed by atoms with Crippen molar-refractivity contribution < 1.29 is 0 Å². The number of thiophene rings is 2. The molecule has 3 aromatic rings. The standard InChI is InChI=1S/C13H10ClNS2/c14-9-5-6-16-13(9)12(15)11-7-8-3-1-2-4-10(8)17-11/h1-7,12H,15H2. The van der Waals surface area contributed by atoms with E-state index in [1.54, 1.807) is 22.7 Å². The smallest absolute Gasteiger partial charge is 0.0755 e. The second-order valence-electron chi connectivity index (χ2n) is 3.80. The number of hydrogen-bond donors (Lipinski definition) is 1. The van der Waals surface area contributed by atoms with Crippen molar-refractivity contribution in [3.8, 4) is 0 Å². The van der Waals surface area contributed by atoms with Crippen molar-refractivity contribution in [1.29, 1.82) is 0 Å². The van der Waals surface area contributed by atoms with Crippen LogP contribution in [0.5, 0.6) is 0 Å². The second kappa shape index (κ2) is 4.42. The van der Waals surface area contributed by atoms with Crippen molar-refractivity contribution in [2.24, 2.45) is 5.73 Å². The van der Waals surface area contributed by atoms with Crippen LogP contribution in [-0.2, 0) is 0 Å². The molecule has 4 heteroatoms. The van der Waals surface area contributed by atoms with Crippen LogP contribution < -0.4 is 5.73 Å². The molecule has 0 aliphatic heterocycles. The van der Waals surface area contributed by atoms with Gasteiger partial charge in [0.25, 0.3) is 0 Å². The molecule has 1 unspecified atom stereocenters. The Labute approximate surface area is 112 Å². The molecule has 0 spiro atoms. The Kier molecular flexibility index (Phi) is 2.92. The molecule has 0 amide bonds. The highest BCUT2D eigenvalue weighted by atomic mass is 35.5. The Bertz CT molecular complexity index is 623. The molecule has 2 N–H and O–H groups in total. The molecule has 0 saturated heterocycles. The van der Waals surface area contributed by atoms with Crippen molar-refractivity contribution in [1.82, 2.24) is 0 Å². The quantitative estimate of drug-likeness (QED) is 0.725. The van der Waals surface area contributed by atoms with E-state index in [4.69, 9.17) is 17.3 Å². The van der Waals surface area contributed by atoms with E-state index in [-0.39, 0.29) is 6.04 Å². The molecule has 0 aliphatic rings. The van der Waals surface area contributed by atoms with E-state index in [1.807, 2.05) is 23.6 Å². The van der Waals surface area contributed by atoms with Gasteiger partial charge in [0.1, 0.15) is 0 Å². The lowest BCUT2D eigenvalue weighted by Crippen LogP contribution is -2.08. The number of hydrogen-bond acceptors (Lipinski definition) is 3. The fourth-order valence-electron chi connectivity index (χ4n) is 1.81. The van der Waals surface area contributed by atoms with Gasteiger partial charge in [0.2, 0.25) is 0 Å². The summed E-state index contributed by atoms with van der Waals surface area (Å²) in [6.07, 6.45) is 0.